The summed E-state index contributed by atoms with van der Waals surface area (Å²) in [6.07, 6.45) is 1.05. The Morgan fingerprint density at radius 3 is 2.29 bits per heavy atom. The molecule has 0 aromatic heterocycles. The van der Waals surface area contributed by atoms with E-state index < -0.39 is 29.6 Å². The van der Waals surface area contributed by atoms with Crippen molar-refractivity contribution in [1.29, 1.82) is 0 Å². The third-order valence-electron chi connectivity index (χ3n) is 6.24. The van der Waals surface area contributed by atoms with Gasteiger partial charge in [0.15, 0.2) is 17.3 Å². The minimum absolute atomic E-state index is 0.120. The van der Waals surface area contributed by atoms with Crippen molar-refractivity contribution in [3.05, 3.63) is 40.2 Å². The molecule has 184 valence electrons. The maximum atomic E-state index is 13.7. The Bertz CT molecular complexity index is 1050. The smallest absolute Gasteiger partial charge is 0.336 e. The van der Waals surface area contributed by atoms with Gasteiger partial charge in [0, 0.05) is 22.9 Å². The van der Waals surface area contributed by atoms with Gasteiger partial charge < -0.3 is 29.4 Å². The number of benzene rings is 1. The van der Waals surface area contributed by atoms with E-state index in [2.05, 4.69) is 5.32 Å². The van der Waals surface area contributed by atoms with E-state index in [1.807, 2.05) is 13.8 Å². The first kappa shape index (κ1) is 25.1. The number of allylic oxidation sites excluding steroid dienone is 3. The second-order valence-electron chi connectivity index (χ2n) is 8.45. The first-order valence-corrected chi connectivity index (χ1v) is 11.1. The number of hydrogen-bond acceptors (Lipinski definition) is 9. The van der Waals surface area contributed by atoms with Gasteiger partial charge in [-0.25, -0.2) is 4.79 Å². The van der Waals surface area contributed by atoms with Crippen molar-refractivity contribution >= 4 is 17.7 Å². The van der Waals surface area contributed by atoms with Gasteiger partial charge in [0.05, 0.1) is 33.5 Å². The summed E-state index contributed by atoms with van der Waals surface area (Å²) in [5.41, 5.74) is 2.20. The fraction of sp³-hybridized carbons (Fsp3) is 0.480. The molecule has 0 saturated heterocycles. The highest BCUT2D eigenvalue weighted by Gasteiger charge is 2.47. The predicted molar refractivity (Wildman–Crippen MR) is 122 cm³/mol. The average Bonchev–Trinajstić information content (AvgIpc) is 2.81. The molecule has 1 aromatic rings. The van der Waals surface area contributed by atoms with E-state index in [0.29, 0.717) is 29.8 Å². The third-order valence-corrected chi connectivity index (χ3v) is 6.24. The minimum atomic E-state index is -1.000. The summed E-state index contributed by atoms with van der Waals surface area (Å²) in [7, 11) is 4.03. The summed E-state index contributed by atoms with van der Waals surface area (Å²) in [5.74, 6) is -3.74. The molecule has 3 rings (SSSR count). The standard InChI is InChI=1S/C25H31NO8/c1-7-8-34-25(30)19-13(3)26-15-9-12(2)18(24(29)33-6)23(28)21(15)20(19)14-10-16(31-4)22(27)17(11-14)32-5/h10-12,18,20,26-27H,7-9H2,1-6H3/t12-,18+,20+/m1/s1. The summed E-state index contributed by atoms with van der Waals surface area (Å²) < 4.78 is 21.0. The van der Waals surface area contributed by atoms with E-state index in [4.69, 9.17) is 18.9 Å². The molecule has 34 heavy (non-hydrogen) atoms. The molecule has 9 heteroatoms. The molecule has 0 bridgehead atoms. The van der Waals surface area contributed by atoms with Crippen LogP contribution in [0.4, 0.5) is 0 Å². The Hall–Kier alpha value is -3.49. The number of esters is 2. The van der Waals surface area contributed by atoms with Crippen molar-refractivity contribution in [2.45, 2.75) is 39.5 Å². The summed E-state index contributed by atoms with van der Waals surface area (Å²) in [5, 5.41) is 13.6. The molecule has 1 aliphatic carbocycles. The number of methoxy groups -OCH3 is 3. The molecule has 0 radical (unpaired) electrons. The molecule has 1 heterocycles. The van der Waals surface area contributed by atoms with Crippen molar-refractivity contribution in [3.8, 4) is 17.2 Å². The number of ketones is 1. The highest BCUT2D eigenvalue weighted by Crippen LogP contribution is 2.48. The van der Waals surface area contributed by atoms with Crippen LogP contribution in [0.3, 0.4) is 0 Å². The van der Waals surface area contributed by atoms with E-state index >= 15 is 0 Å². The molecule has 1 aromatic carbocycles. The van der Waals surface area contributed by atoms with Crippen LogP contribution in [0.25, 0.3) is 0 Å². The molecule has 0 spiro atoms. The molecule has 9 nitrogen and oxygen atoms in total. The lowest BCUT2D eigenvalue weighted by molar-refractivity contribution is -0.151. The van der Waals surface area contributed by atoms with Gasteiger partial charge in [0.1, 0.15) is 5.92 Å². The number of ether oxygens (including phenoxy) is 4. The van der Waals surface area contributed by atoms with Gasteiger partial charge in [-0.15, -0.1) is 0 Å². The maximum absolute atomic E-state index is 13.7. The van der Waals surface area contributed by atoms with Crippen LogP contribution in [0.2, 0.25) is 0 Å². The topological polar surface area (TPSA) is 120 Å². The summed E-state index contributed by atoms with van der Waals surface area (Å²) in [4.78, 5) is 39.4. The Morgan fingerprint density at radius 2 is 1.76 bits per heavy atom. The molecule has 3 atom stereocenters. The number of aromatic hydroxyl groups is 1. The number of carbonyl (C=O) groups excluding carboxylic acids is 3. The Labute approximate surface area is 198 Å². The fourth-order valence-corrected chi connectivity index (χ4v) is 4.64. The number of phenolic OH excluding ortho intramolecular Hbond substituents is 1. The van der Waals surface area contributed by atoms with E-state index in [1.54, 1.807) is 19.1 Å². The lowest BCUT2D eigenvalue weighted by atomic mass is 9.69. The molecule has 0 unspecified atom stereocenters. The quantitative estimate of drug-likeness (QED) is 0.455. The molecule has 2 aliphatic rings. The fourth-order valence-electron chi connectivity index (χ4n) is 4.64. The van der Waals surface area contributed by atoms with Crippen LogP contribution in [-0.4, -0.2) is 50.8 Å². The van der Waals surface area contributed by atoms with Crippen molar-refractivity contribution in [3.63, 3.8) is 0 Å². The second-order valence-corrected chi connectivity index (χ2v) is 8.45. The number of nitrogens with one attached hydrogen (secondary N) is 1. The SMILES string of the molecule is CCCOC(=O)C1=C(C)NC2=C(C(=O)[C@@H](C(=O)OC)[C@H](C)C2)[C@H]1c1cc(OC)c(O)c(OC)c1. The normalized spacial score (nSPS) is 22.1. The lowest BCUT2D eigenvalue weighted by Gasteiger charge is -2.38. The van der Waals surface area contributed by atoms with Gasteiger partial charge in [-0.2, -0.15) is 0 Å². The zero-order valence-corrected chi connectivity index (χ0v) is 20.3. The van der Waals surface area contributed by atoms with Crippen molar-refractivity contribution < 1.29 is 38.4 Å². The van der Waals surface area contributed by atoms with Gasteiger partial charge in [0.2, 0.25) is 5.75 Å². The molecule has 1 aliphatic heterocycles. The first-order valence-electron chi connectivity index (χ1n) is 11.1. The van der Waals surface area contributed by atoms with Gasteiger partial charge in [-0.1, -0.05) is 13.8 Å². The predicted octanol–water partition coefficient (Wildman–Crippen LogP) is 2.98. The van der Waals surface area contributed by atoms with Gasteiger partial charge >= 0.3 is 11.9 Å². The average molecular weight is 474 g/mol. The summed E-state index contributed by atoms with van der Waals surface area (Å²) in [6.45, 7) is 5.66. The Kier molecular flexibility index (Phi) is 7.54. The minimum Gasteiger partial charge on any atom is -0.502 e. The van der Waals surface area contributed by atoms with E-state index in [9.17, 15) is 19.5 Å². The Morgan fingerprint density at radius 1 is 1.15 bits per heavy atom. The highest BCUT2D eigenvalue weighted by atomic mass is 16.5. The molecular formula is C25H31NO8. The van der Waals surface area contributed by atoms with Crippen molar-refractivity contribution in [2.75, 3.05) is 27.9 Å². The molecule has 2 N–H and O–H groups in total. The summed E-state index contributed by atoms with van der Waals surface area (Å²) >= 11 is 0. The molecular weight excluding hydrogens is 442 g/mol. The van der Waals surface area contributed by atoms with E-state index in [0.717, 1.165) is 0 Å². The summed E-state index contributed by atoms with van der Waals surface area (Å²) in [6, 6.07) is 3.11. The van der Waals surface area contributed by atoms with Crippen LogP contribution in [-0.2, 0) is 23.9 Å². The van der Waals surface area contributed by atoms with Crippen LogP contribution in [0.5, 0.6) is 17.2 Å². The number of rotatable bonds is 7. The van der Waals surface area contributed by atoms with Gasteiger partial charge in [-0.05, 0) is 43.4 Å². The molecule has 0 fully saturated rings. The zero-order chi connectivity index (χ0) is 25.2. The van der Waals surface area contributed by atoms with Crippen LogP contribution in [0.15, 0.2) is 34.7 Å². The molecule has 0 saturated carbocycles. The van der Waals surface area contributed by atoms with E-state index in [1.165, 1.54) is 21.3 Å². The largest absolute Gasteiger partial charge is 0.502 e. The monoisotopic (exact) mass is 473 g/mol. The first-order chi connectivity index (χ1) is 16.2. The van der Waals surface area contributed by atoms with Crippen molar-refractivity contribution in [1.82, 2.24) is 5.32 Å². The third kappa shape index (κ3) is 4.34. The number of Topliss-reactive ketones (excluding diaryl/α,β-unsaturated/α-hetero) is 1. The number of dihydropyridines is 1. The van der Waals surface area contributed by atoms with Crippen LogP contribution >= 0.6 is 0 Å². The zero-order valence-electron chi connectivity index (χ0n) is 20.3. The lowest BCUT2D eigenvalue weighted by Crippen LogP contribution is -2.43. The Balaban J connectivity index is 2.26. The van der Waals surface area contributed by atoms with E-state index in [-0.39, 0.29) is 40.9 Å². The van der Waals surface area contributed by atoms with Crippen LogP contribution in [0.1, 0.15) is 45.1 Å². The number of phenols is 1. The van der Waals surface area contributed by atoms with Gasteiger partial charge in [-0.3, -0.25) is 9.59 Å². The number of carbonyl (C=O) groups is 3. The molecule has 0 amide bonds. The highest BCUT2D eigenvalue weighted by molar-refractivity contribution is 6.12. The number of hydrogen-bond donors (Lipinski definition) is 2. The van der Waals surface area contributed by atoms with Crippen molar-refractivity contribution in [2.24, 2.45) is 11.8 Å². The second kappa shape index (κ2) is 10.2. The van der Waals surface area contributed by atoms with Crippen LogP contribution < -0.4 is 14.8 Å². The van der Waals surface area contributed by atoms with Gasteiger partial charge in [0.25, 0.3) is 0 Å². The maximum Gasteiger partial charge on any atom is 0.336 e. The van der Waals surface area contributed by atoms with Crippen LogP contribution in [0, 0.1) is 11.8 Å².